The topological polar surface area (TPSA) is 85.8 Å². The van der Waals surface area contributed by atoms with Gasteiger partial charge in [0.2, 0.25) is 11.8 Å². The fourth-order valence-electron chi connectivity index (χ4n) is 2.88. The summed E-state index contributed by atoms with van der Waals surface area (Å²) in [5, 5.41) is 11.3. The second-order valence-electron chi connectivity index (χ2n) is 7.03. The molecular weight excluding hydrogens is 374 g/mol. The average molecular weight is 402 g/mol. The van der Waals surface area contributed by atoms with Crippen LogP contribution in [0.15, 0.2) is 33.8 Å². The maximum Gasteiger partial charge on any atom is 0.322 e. The van der Waals surface area contributed by atoms with Gasteiger partial charge in [0.1, 0.15) is 0 Å². The summed E-state index contributed by atoms with van der Waals surface area (Å²) >= 11 is 1.43. The normalized spacial score (nSPS) is 11.4. The van der Waals surface area contributed by atoms with Crippen molar-refractivity contribution < 1.29 is 9.21 Å². The summed E-state index contributed by atoms with van der Waals surface area (Å²) in [4.78, 5) is 17.0. The SMILES string of the molecule is CCCCCCn1c(SCC(=O)Nc2nnc(C(C)C)o2)nc2ccccc21. The third-order valence-corrected chi connectivity index (χ3v) is 5.34. The lowest BCUT2D eigenvalue weighted by molar-refractivity contribution is -0.113. The van der Waals surface area contributed by atoms with Crippen LogP contribution >= 0.6 is 11.8 Å². The van der Waals surface area contributed by atoms with Crippen molar-refractivity contribution in [3.8, 4) is 0 Å². The maximum atomic E-state index is 12.3. The Bertz CT molecular complexity index is 918. The second kappa shape index (κ2) is 9.73. The fraction of sp³-hybridized carbons (Fsp3) is 0.500. The Balaban J connectivity index is 1.64. The highest BCUT2D eigenvalue weighted by Crippen LogP contribution is 2.25. The number of nitrogens with zero attached hydrogens (tertiary/aromatic N) is 4. The van der Waals surface area contributed by atoms with Crippen molar-refractivity contribution in [1.82, 2.24) is 19.7 Å². The van der Waals surface area contributed by atoms with E-state index in [1.165, 1.54) is 31.0 Å². The summed E-state index contributed by atoms with van der Waals surface area (Å²) in [5.74, 6) is 0.683. The predicted octanol–water partition coefficient (Wildman–Crippen LogP) is 4.85. The molecule has 0 aliphatic rings. The summed E-state index contributed by atoms with van der Waals surface area (Å²) < 4.78 is 7.65. The number of fused-ring (bicyclic) bond motifs is 1. The van der Waals surface area contributed by atoms with Gasteiger partial charge in [-0.3, -0.25) is 10.1 Å². The first-order valence-electron chi connectivity index (χ1n) is 9.79. The number of imidazole rings is 1. The monoisotopic (exact) mass is 401 g/mol. The van der Waals surface area contributed by atoms with Crippen LogP contribution < -0.4 is 5.32 Å². The number of rotatable bonds is 10. The molecule has 2 heterocycles. The molecule has 0 saturated carbocycles. The summed E-state index contributed by atoms with van der Waals surface area (Å²) in [6, 6.07) is 8.24. The van der Waals surface area contributed by atoms with E-state index in [9.17, 15) is 4.79 Å². The van der Waals surface area contributed by atoms with E-state index in [1.54, 1.807) is 0 Å². The standard InChI is InChI=1S/C20H27N5O2S/c1-4-5-6-9-12-25-16-11-8-7-10-15(16)21-20(25)28-13-17(26)22-19-24-23-18(27-19)14(2)3/h7-8,10-11,14H,4-6,9,12-13H2,1-3H3,(H,22,24,26). The third kappa shape index (κ3) is 5.13. The van der Waals surface area contributed by atoms with Crippen LogP contribution in [0.25, 0.3) is 11.0 Å². The number of thioether (sulfide) groups is 1. The van der Waals surface area contributed by atoms with Gasteiger partial charge in [-0.25, -0.2) is 4.98 Å². The second-order valence-corrected chi connectivity index (χ2v) is 7.97. The molecule has 150 valence electrons. The molecule has 1 aromatic carbocycles. The van der Waals surface area contributed by atoms with Gasteiger partial charge in [-0.15, -0.1) is 5.10 Å². The zero-order valence-electron chi connectivity index (χ0n) is 16.6. The van der Waals surface area contributed by atoms with Gasteiger partial charge in [0.15, 0.2) is 5.16 Å². The molecular formula is C20H27N5O2S. The highest BCUT2D eigenvalue weighted by Gasteiger charge is 2.15. The number of carbonyl (C=O) groups excluding carboxylic acids is 1. The van der Waals surface area contributed by atoms with Gasteiger partial charge in [-0.1, -0.05) is 69.0 Å². The van der Waals surface area contributed by atoms with Crippen molar-refractivity contribution in [2.24, 2.45) is 0 Å². The molecule has 0 spiro atoms. The van der Waals surface area contributed by atoms with E-state index >= 15 is 0 Å². The fourth-order valence-corrected chi connectivity index (χ4v) is 3.72. The van der Waals surface area contributed by atoms with Crippen molar-refractivity contribution in [3.63, 3.8) is 0 Å². The molecule has 7 nitrogen and oxygen atoms in total. The van der Waals surface area contributed by atoms with Gasteiger partial charge in [0.25, 0.3) is 0 Å². The Morgan fingerprint density at radius 1 is 1.21 bits per heavy atom. The highest BCUT2D eigenvalue weighted by molar-refractivity contribution is 7.99. The quantitative estimate of drug-likeness (QED) is 0.386. The summed E-state index contributed by atoms with van der Waals surface area (Å²) in [6.07, 6.45) is 4.75. The van der Waals surface area contributed by atoms with E-state index in [0.29, 0.717) is 5.89 Å². The van der Waals surface area contributed by atoms with Crippen LogP contribution in [-0.4, -0.2) is 31.4 Å². The highest BCUT2D eigenvalue weighted by atomic mass is 32.2. The van der Waals surface area contributed by atoms with Crippen molar-refractivity contribution in [2.45, 2.75) is 64.1 Å². The minimum Gasteiger partial charge on any atom is -0.408 e. The number of aromatic nitrogens is 4. The van der Waals surface area contributed by atoms with Crippen molar-refractivity contribution >= 4 is 34.7 Å². The summed E-state index contributed by atoms with van der Waals surface area (Å²) in [6.45, 7) is 7.03. The first-order valence-corrected chi connectivity index (χ1v) is 10.8. The molecule has 0 aliphatic carbocycles. The number of anilines is 1. The lowest BCUT2D eigenvalue weighted by Crippen LogP contribution is -2.15. The Morgan fingerprint density at radius 2 is 2.04 bits per heavy atom. The van der Waals surface area contributed by atoms with Crippen LogP contribution in [-0.2, 0) is 11.3 Å². The largest absolute Gasteiger partial charge is 0.408 e. The summed E-state index contributed by atoms with van der Waals surface area (Å²) in [7, 11) is 0. The van der Waals surface area contributed by atoms with Gasteiger partial charge < -0.3 is 8.98 Å². The van der Waals surface area contributed by atoms with Crippen LogP contribution in [0.3, 0.4) is 0 Å². The lowest BCUT2D eigenvalue weighted by Gasteiger charge is -2.08. The van der Waals surface area contributed by atoms with E-state index in [2.05, 4.69) is 33.1 Å². The Kier molecular flexibility index (Phi) is 7.08. The van der Waals surface area contributed by atoms with E-state index in [4.69, 9.17) is 9.40 Å². The molecule has 3 rings (SSSR count). The van der Waals surface area contributed by atoms with Crippen molar-refractivity contribution in [1.29, 1.82) is 0 Å². The van der Waals surface area contributed by atoms with E-state index in [-0.39, 0.29) is 23.6 Å². The van der Waals surface area contributed by atoms with Crippen LogP contribution in [0.2, 0.25) is 0 Å². The van der Waals surface area contributed by atoms with Gasteiger partial charge in [-0.05, 0) is 18.6 Å². The molecule has 0 fully saturated rings. The average Bonchev–Trinajstić information content (AvgIpc) is 3.28. The number of hydrogen-bond acceptors (Lipinski definition) is 6. The lowest BCUT2D eigenvalue weighted by atomic mass is 10.2. The molecule has 0 aliphatic heterocycles. The Morgan fingerprint density at radius 3 is 2.79 bits per heavy atom. The molecule has 1 amide bonds. The summed E-state index contributed by atoms with van der Waals surface area (Å²) in [5.41, 5.74) is 2.07. The smallest absolute Gasteiger partial charge is 0.322 e. The zero-order valence-corrected chi connectivity index (χ0v) is 17.5. The van der Waals surface area contributed by atoms with Gasteiger partial charge in [-0.2, -0.15) is 0 Å². The molecule has 28 heavy (non-hydrogen) atoms. The number of hydrogen-bond donors (Lipinski definition) is 1. The number of carbonyl (C=O) groups is 1. The molecule has 0 unspecified atom stereocenters. The molecule has 2 aromatic heterocycles. The number of nitrogens with one attached hydrogen (secondary N) is 1. The number of unbranched alkanes of at least 4 members (excludes halogenated alkanes) is 3. The number of amides is 1. The Hall–Kier alpha value is -2.35. The van der Waals surface area contributed by atoms with Crippen molar-refractivity contribution in [2.75, 3.05) is 11.1 Å². The van der Waals surface area contributed by atoms with Gasteiger partial charge >= 0.3 is 6.01 Å². The number of benzene rings is 1. The van der Waals surface area contributed by atoms with Crippen molar-refractivity contribution in [3.05, 3.63) is 30.2 Å². The van der Waals surface area contributed by atoms with E-state index in [0.717, 1.165) is 29.2 Å². The molecule has 0 radical (unpaired) electrons. The Labute approximate surface area is 169 Å². The zero-order chi connectivity index (χ0) is 19.9. The first kappa shape index (κ1) is 20.4. The van der Waals surface area contributed by atoms with E-state index in [1.807, 2.05) is 32.0 Å². The third-order valence-electron chi connectivity index (χ3n) is 4.37. The van der Waals surface area contributed by atoms with Crippen LogP contribution in [0.5, 0.6) is 0 Å². The molecule has 3 aromatic rings. The van der Waals surface area contributed by atoms with Gasteiger partial charge in [0, 0.05) is 12.5 Å². The molecule has 8 heteroatoms. The van der Waals surface area contributed by atoms with Crippen LogP contribution in [0.4, 0.5) is 6.01 Å². The van der Waals surface area contributed by atoms with Crippen LogP contribution in [0, 0.1) is 0 Å². The molecule has 1 N–H and O–H groups in total. The minimum absolute atomic E-state index is 0.125. The minimum atomic E-state index is -0.187. The predicted molar refractivity (Wildman–Crippen MR) is 112 cm³/mol. The molecule has 0 atom stereocenters. The van der Waals surface area contributed by atoms with Gasteiger partial charge in [0.05, 0.1) is 16.8 Å². The van der Waals surface area contributed by atoms with E-state index < -0.39 is 0 Å². The molecule has 0 bridgehead atoms. The van der Waals surface area contributed by atoms with Crippen LogP contribution in [0.1, 0.15) is 58.3 Å². The number of aryl methyl sites for hydroxylation is 1. The molecule has 0 saturated heterocycles. The first-order chi connectivity index (χ1) is 13.6. The maximum absolute atomic E-state index is 12.3. The number of para-hydroxylation sites is 2.